The second-order valence-corrected chi connectivity index (χ2v) is 6.76. The Hall–Kier alpha value is -2.47. The molecule has 0 saturated heterocycles. The van der Waals surface area contributed by atoms with Crippen LogP contribution >= 0.6 is 15.9 Å². The maximum atomic E-state index is 13.1. The number of aromatic nitrogens is 2. The first-order valence-electron chi connectivity index (χ1n) is 7.76. The Kier molecular flexibility index (Phi) is 4.72. The van der Waals surface area contributed by atoms with Crippen molar-refractivity contribution in [1.82, 2.24) is 9.78 Å². The van der Waals surface area contributed by atoms with Crippen LogP contribution in [0, 0.1) is 26.6 Å². The summed E-state index contributed by atoms with van der Waals surface area (Å²) < 4.78 is 15.7. The van der Waals surface area contributed by atoms with Crippen molar-refractivity contribution in [1.29, 1.82) is 0 Å². The average Bonchev–Trinajstić information content (AvgIpc) is 2.85. The molecule has 3 aromatic rings. The Bertz CT molecular complexity index is 948. The standard InChI is InChI=1S/C19H17BrFN3O/c1-11-10-14(20)4-9-17(11)22-19(25)18-12(2)23-24(13(18)3)16-7-5-15(21)6-8-16/h4-10H,1-3H3,(H,22,25). The number of rotatable bonds is 3. The molecule has 1 aromatic heterocycles. The fraction of sp³-hybridized carbons (Fsp3) is 0.158. The Morgan fingerprint density at radius 3 is 2.44 bits per heavy atom. The zero-order chi connectivity index (χ0) is 18.1. The summed E-state index contributed by atoms with van der Waals surface area (Å²) in [4.78, 5) is 12.8. The minimum atomic E-state index is -0.311. The number of carbonyl (C=O) groups excluding carboxylic acids is 1. The van der Waals surface area contributed by atoms with Crippen molar-refractivity contribution in [2.45, 2.75) is 20.8 Å². The Balaban J connectivity index is 1.94. The molecule has 1 heterocycles. The van der Waals surface area contributed by atoms with Crippen LogP contribution in [0.15, 0.2) is 46.9 Å². The summed E-state index contributed by atoms with van der Waals surface area (Å²) in [6.07, 6.45) is 0. The van der Waals surface area contributed by atoms with Gasteiger partial charge in [-0.25, -0.2) is 9.07 Å². The number of amides is 1. The predicted octanol–water partition coefficient (Wildman–Crippen LogP) is 4.95. The maximum Gasteiger partial charge on any atom is 0.259 e. The van der Waals surface area contributed by atoms with E-state index in [9.17, 15) is 9.18 Å². The summed E-state index contributed by atoms with van der Waals surface area (Å²) in [6, 6.07) is 11.7. The van der Waals surface area contributed by atoms with Gasteiger partial charge in [-0.15, -0.1) is 0 Å². The number of anilines is 1. The number of halogens is 2. The van der Waals surface area contributed by atoms with Crippen molar-refractivity contribution in [3.8, 4) is 5.69 Å². The average molecular weight is 402 g/mol. The second kappa shape index (κ2) is 6.80. The lowest BCUT2D eigenvalue weighted by molar-refractivity contribution is 0.102. The van der Waals surface area contributed by atoms with Crippen LogP contribution in [0.1, 0.15) is 27.3 Å². The molecule has 0 bridgehead atoms. The first-order valence-corrected chi connectivity index (χ1v) is 8.56. The number of aryl methyl sites for hydroxylation is 2. The number of carbonyl (C=O) groups is 1. The molecule has 0 radical (unpaired) electrons. The van der Waals surface area contributed by atoms with Crippen molar-refractivity contribution in [3.05, 3.63) is 75.3 Å². The quantitative estimate of drug-likeness (QED) is 0.674. The van der Waals surface area contributed by atoms with E-state index in [1.54, 1.807) is 23.7 Å². The molecular weight excluding hydrogens is 385 g/mol. The summed E-state index contributed by atoms with van der Waals surface area (Å²) in [5, 5.41) is 7.37. The molecule has 0 fully saturated rings. The molecule has 0 spiro atoms. The van der Waals surface area contributed by atoms with Crippen molar-refractivity contribution in [2.24, 2.45) is 0 Å². The van der Waals surface area contributed by atoms with Crippen molar-refractivity contribution < 1.29 is 9.18 Å². The molecule has 128 valence electrons. The van der Waals surface area contributed by atoms with Gasteiger partial charge in [0.05, 0.1) is 22.6 Å². The number of hydrogen-bond acceptors (Lipinski definition) is 2. The van der Waals surface area contributed by atoms with E-state index >= 15 is 0 Å². The molecule has 0 aliphatic carbocycles. The van der Waals surface area contributed by atoms with E-state index < -0.39 is 0 Å². The van der Waals surface area contributed by atoms with E-state index in [4.69, 9.17) is 0 Å². The molecular formula is C19H17BrFN3O. The van der Waals surface area contributed by atoms with Gasteiger partial charge in [0.15, 0.2) is 0 Å². The van der Waals surface area contributed by atoms with Crippen LogP contribution in [0.5, 0.6) is 0 Å². The molecule has 0 saturated carbocycles. The summed E-state index contributed by atoms with van der Waals surface area (Å²) in [5.74, 6) is -0.525. The molecule has 4 nitrogen and oxygen atoms in total. The predicted molar refractivity (Wildman–Crippen MR) is 99.8 cm³/mol. The summed E-state index contributed by atoms with van der Waals surface area (Å²) >= 11 is 3.41. The largest absolute Gasteiger partial charge is 0.322 e. The highest BCUT2D eigenvalue weighted by atomic mass is 79.9. The number of hydrogen-bond donors (Lipinski definition) is 1. The Morgan fingerprint density at radius 1 is 1.12 bits per heavy atom. The third kappa shape index (κ3) is 3.49. The molecule has 2 aromatic carbocycles. The van der Waals surface area contributed by atoms with Gasteiger partial charge < -0.3 is 5.32 Å². The number of nitrogens with one attached hydrogen (secondary N) is 1. The molecule has 3 rings (SSSR count). The van der Waals surface area contributed by atoms with E-state index in [2.05, 4.69) is 26.3 Å². The highest BCUT2D eigenvalue weighted by molar-refractivity contribution is 9.10. The van der Waals surface area contributed by atoms with Gasteiger partial charge in [0, 0.05) is 10.2 Å². The topological polar surface area (TPSA) is 46.9 Å². The zero-order valence-corrected chi connectivity index (χ0v) is 15.7. The number of benzene rings is 2. The van der Waals surface area contributed by atoms with Gasteiger partial charge in [0.25, 0.3) is 5.91 Å². The molecule has 0 unspecified atom stereocenters. The second-order valence-electron chi connectivity index (χ2n) is 5.85. The van der Waals surface area contributed by atoms with Crippen LogP contribution in [0.4, 0.5) is 10.1 Å². The van der Waals surface area contributed by atoms with E-state index in [1.165, 1.54) is 12.1 Å². The van der Waals surface area contributed by atoms with Gasteiger partial charge in [-0.05, 0) is 68.8 Å². The normalized spacial score (nSPS) is 10.8. The monoisotopic (exact) mass is 401 g/mol. The maximum absolute atomic E-state index is 13.1. The lowest BCUT2D eigenvalue weighted by atomic mass is 10.1. The summed E-state index contributed by atoms with van der Waals surface area (Å²) in [6.45, 7) is 5.55. The van der Waals surface area contributed by atoms with Gasteiger partial charge in [-0.2, -0.15) is 5.10 Å². The van der Waals surface area contributed by atoms with Gasteiger partial charge in [0.1, 0.15) is 5.82 Å². The lowest BCUT2D eigenvalue weighted by Crippen LogP contribution is -2.15. The van der Waals surface area contributed by atoms with Crippen LogP contribution in [0.3, 0.4) is 0 Å². The SMILES string of the molecule is Cc1cc(Br)ccc1NC(=O)c1c(C)nn(-c2ccc(F)cc2)c1C. The van der Waals surface area contributed by atoms with Gasteiger partial charge in [-0.1, -0.05) is 15.9 Å². The Labute approximate surface area is 153 Å². The molecule has 1 N–H and O–H groups in total. The van der Waals surface area contributed by atoms with Crippen molar-refractivity contribution in [3.63, 3.8) is 0 Å². The molecule has 0 atom stereocenters. The van der Waals surface area contributed by atoms with Crippen LogP contribution in [0.2, 0.25) is 0 Å². The van der Waals surface area contributed by atoms with E-state index in [0.717, 1.165) is 15.7 Å². The third-order valence-electron chi connectivity index (χ3n) is 4.03. The first kappa shape index (κ1) is 17.4. The first-order chi connectivity index (χ1) is 11.9. The van der Waals surface area contributed by atoms with Gasteiger partial charge >= 0.3 is 0 Å². The van der Waals surface area contributed by atoms with Crippen LogP contribution in [-0.4, -0.2) is 15.7 Å². The fourth-order valence-electron chi connectivity index (χ4n) is 2.76. The van der Waals surface area contributed by atoms with Gasteiger partial charge in [0.2, 0.25) is 0 Å². The van der Waals surface area contributed by atoms with Crippen molar-refractivity contribution in [2.75, 3.05) is 5.32 Å². The highest BCUT2D eigenvalue weighted by Crippen LogP contribution is 2.23. The number of nitrogens with zero attached hydrogens (tertiary/aromatic N) is 2. The van der Waals surface area contributed by atoms with Gasteiger partial charge in [-0.3, -0.25) is 4.79 Å². The van der Waals surface area contributed by atoms with Crippen LogP contribution in [0.25, 0.3) is 5.69 Å². The smallest absolute Gasteiger partial charge is 0.259 e. The van der Waals surface area contributed by atoms with Crippen LogP contribution < -0.4 is 5.32 Å². The van der Waals surface area contributed by atoms with E-state index in [-0.39, 0.29) is 11.7 Å². The van der Waals surface area contributed by atoms with E-state index in [0.29, 0.717) is 22.6 Å². The third-order valence-corrected chi connectivity index (χ3v) is 4.52. The summed E-state index contributed by atoms with van der Waals surface area (Å²) in [5.41, 5.74) is 4.27. The van der Waals surface area contributed by atoms with Crippen LogP contribution in [-0.2, 0) is 0 Å². The molecule has 0 aliphatic heterocycles. The summed E-state index contributed by atoms with van der Waals surface area (Å²) in [7, 11) is 0. The zero-order valence-electron chi connectivity index (χ0n) is 14.1. The molecule has 0 aliphatic rings. The molecule has 1 amide bonds. The highest BCUT2D eigenvalue weighted by Gasteiger charge is 2.20. The Morgan fingerprint density at radius 2 is 1.80 bits per heavy atom. The lowest BCUT2D eigenvalue weighted by Gasteiger charge is -2.09. The minimum absolute atomic E-state index is 0.214. The fourth-order valence-corrected chi connectivity index (χ4v) is 3.23. The minimum Gasteiger partial charge on any atom is -0.322 e. The van der Waals surface area contributed by atoms with E-state index in [1.807, 2.05) is 32.0 Å². The van der Waals surface area contributed by atoms with Crippen molar-refractivity contribution >= 4 is 27.5 Å². The molecule has 25 heavy (non-hydrogen) atoms. The molecule has 6 heteroatoms.